The van der Waals surface area contributed by atoms with Crippen LogP contribution < -0.4 is 5.32 Å². The van der Waals surface area contributed by atoms with Crippen LogP contribution in [0.25, 0.3) is 0 Å². The molecule has 1 aliphatic heterocycles. The minimum atomic E-state index is -0.0323. The summed E-state index contributed by atoms with van der Waals surface area (Å²) in [7, 11) is 6.18. The molecular weight excluding hydrogens is 330 g/mol. The molecule has 1 saturated carbocycles. The average molecular weight is 361 g/mol. The van der Waals surface area contributed by atoms with Crippen molar-refractivity contribution in [3.8, 4) is 0 Å². The van der Waals surface area contributed by atoms with Crippen LogP contribution in [0.3, 0.4) is 0 Å². The van der Waals surface area contributed by atoms with Crippen LogP contribution in [0.5, 0.6) is 0 Å². The van der Waals surface area contributed by atoms with Gasteiger partial charge >= 0.3 is 0 Å². The fourth-order valence-electron chi connectivity index (χ4n) is 4.07. The number of aliphatic imine (C=N–C) groups is 1. The van der Waals surface area contributed by atoms with E-state index in [1.54, 1.807) is 18.4 Å². The second-order valence-electron chi connectivity index (χ2n) is 7.48. The van der Waals surface area contributed by atoms with Gasteiger partial charge in [-0.15, -0.1) is 0 Å². The van der Waals surface area contributed by atoms with Crippen molar-refractivity contribution >= 4 is 11.9 Å². The highest BCUT2D eigenvalue weighted by molar-refractivity contribution is 5.91. The summed E-state index contributed by atoms with van der Waals surface area (Å²) in [6.45, 7) is 3.83. The zero-order valence-corrected chi connectivity index (χ0v) is 16.2. The molecule has 0 unspecified atom stereocenters. The maximum Gasteiger partial charge on any atom is 0.289 e. The molecule has 3 rings (SSSR count). The Hall–Kier alpha value is -2.02. The van der Waals surface area contributed by atoms with E-state index in [2.05, 4.69) is 34.2 Å². The number of nitrogens with one attached hydrogen (secondary N) is 1. The van der Waals surface area contributed by atoms with Gasteiger partial charge in [0.25, 0.3) is 5.91 Å². The molecule has 1 aliphatic carbocycles. The molecule has 26 heavy (non-hydrogen) atoms. The fraction of sp³-hybridized carbons (Fsp3) is 0.684. The SMILES string of the molecule is CN=C(NCC1(N(C)C)CCCC1)N1CCN(C(=O)c2ccco2)CC1. The first-order valence-electron chi connectivity index (χ1n) is 9.51. The zero-order chi connectivity index (χ0) is 18.6. The number of likely N-dealkylation sites (N-methyl/N-ethyl adjacent to an activating group) is 1. The van der Waals surface area contributed by atoms with E-state index in [-0.39, 0.29) is 11.4 Å². The lowest BCUT2D eigenvalue weighted by Gasteiger charge is -2.40. The molecule has 1 aromatic heterocycles. The Bertz CT molecular complexity index is 612. The van der Waals surface area contributed by atoms with Crippen LogP contribution in [0.4, 0.5) is 0 Å². The molecule has 7 heteroatoms. The Balaban J connectivity index is 1.53. The maximum absolute atomic E-state index is 12.4. The normalized spacial score (nSPS) is 20.7. The van der Waals surface area contributed by atoms with Crippen molar-refractivity contribution in [1.29, 1.82) is 0 Å². The third-order valence-corrected chi connectivity index (χ3v) is 5.87. The minimum absolute atomic E-state index is 0.0323. The van der Waals surface area contributed by atoms with Crippen LogP contribution in [-0.4, -0.2) is 86.0 Å². The molecule has 0 atom stereocenters. The highest BCUT2D eigenvalue weighted by Crippen LogP contribution is 2.33. The molecule has 0 aromatic carbocycles. The smallest absolute Gasteiger partial charge is 0.289 e. The molecule has 144 valence electrons. The van der Waals surface area contributed by atoms with Crippen molar-refractivity contribution in [2.45, 2.75) is 31.2 Å². The molecule has 2 fully saturated rings. The number of amides is 1. The van der Waals surface area contributed by atoms with Gasteiger partial charge in [0.05, 0.1) is 6.26 Å². The van der Waals surface area contributed by atoms with Crippen molar-refractivity contribution in [1.82, 2.24) is 20.0 Å². The molecule has 1 aromatic rings. The van der Waals surface area contributed by atoms with Crippen LogP contribution in [-0.2, 0) is 0 Å². The molecular formula is C19H31N5O2. The van der Waals surface area contributed by atoms with Crippen LogP contribution in [0.1, 0.15) is 36.2 Å². The van der Waals surface area contributed by atoms with Crippen LogP contribution in [0.2, 0.25) is 0 Å². The summed E-state index contributed by atoms with van der Waals surface area (Å²) in [5.41, 5.74) is 0.229. The second kappa shape index (κ2) is 8.12. The van der Waals surface area contributed by atoms with Gasteiger partial charge < -0.3 is 24.4 Å². The third-order valence-electron chi connectivity index (χ3n) is 5.87. The van der Waals surface area contributed by atoms with E-state index >= 15 is 0 Å². The Kier molecular flexibility index (Phi) is 5.86. The summed E-state index contributed by atoms with van der Waals surface area (Å²) in [6.07, 6.45) is 6.60. The van der Waals surface area contributed by atoms with Crippen LogP contribution >= 0.6 is 0 Å². The number of furan rings is 1. The monoisotopic (exact) mass is 361 g/mol. The van der Waals surface area contributed by atoms with Gasteiger partial charge in [-0.3, -0.25) is 9.79 Å². The van der Waals surface area contributed by atoms with Gasteiger partial charge in [0, 0.05) is 45.3 Å². The van der Waals surface area contributed by atoms with E-state index in [0.717, 1.165) is 25.6 Å². The summed E-state index contributed by atoms with van der Waals surface area (Å²) in [5.74, 6) is 1.31. The van der Waals surface area contributed by atoms with Crippen molar-refractivity contribution in [2.75, 3.05) is 53.9 Å². The lowest BCUT2D eigenvalue weighted by atomic mass is 9.96. The summed E-state index contributed by atoms with van der Waals surface area (Å²) in [4.78, 5) is 23.3. The largest absolute Gasteiger partial charge is 0.459 e. The molecule has 2 heterocycles. The highest BCUT2D eigenvalue weighted by atomic mass is 16.3. The standard InChI is InChI=1S/C19H31N5O2/c1-20-18(21-15-19(22(2)3)8-4-5-9-19)24-12-10-23(11-13-24)17(25)16-7-6-14-26-16/h6-7,14H,4-5,8-13,15H2,1-3H3,(H,20,21). The maximum atomic E-state index is 12.4. The van der Waals surface area contributed by atoms with E-state index in [9.17, 15) is 4.79 Å². The first-order chi connectivity index (χ1) is 12.6. The van der Waals surface area contributed by atoms with Crippen LogP contribution in [0, 0.1) is 0 Å². The Labute approximate surface area is 156 Å². The number of hydrogen-bond acceptors (Lipinski definition) is 4. The third kappa shape index (κ3) is 3.87. The number of hydrogen-bond donors (Lipinski definition) is 1. The molecule has 7 nitrogen and oxygen atoms in total. The van der Waals surface area contributed by atoms with Gasteiger partial charge in [0.15, 0.2) is 11.7 Å². The quantitative estimate of drug-likeness (QED) is 0.650. The molecule has 0 bridgehead atoms. The number of piperazine rings is 1. The molecule has 1 N–H and O–H groups in total. The lowest BCUT2D eigenvalue weighted by Crippen LogP contribution is -2.57. The van der Waals surface area contributed by atoms with E-state index < -0.39 is 0 Å². The van der Waals surface area contributed by atoms with E-state index in [1.807, 2.05) is 11.9 Å². The minimum Gasteiger partial charge on any atom is -0.459 e. The second-order valence-corrected chi connectivity index (χ2v) is 7.48. The van der Waals surface area contributed by atoms with Gasteiger partial charge in [-0.1, -0.05) is 12.8 Å². The molecule has 1 amide bonds. The first-order valence-corrected chi connectivity index (χ1v) is 9.51. The Morgan fingerprint density at radius 3 is 2.42 bits per heavy atom. The number of carbonyl (C=O) groups excluding carboxylic acids is 1. The lowest BCUT2D eigenvalue weighted by molar-refractivity contribution is 0.0656. The molecule has 1 saturated heterocycles. The predicted molar refractivity (Wildman–Crippen MR) is 102 cm³/mol. The van der Waals surface area contributed by atoms with E-state index in [1.165, 1.54) is 25.7 Å². The number of guanidine groups is 1. The van der Waals surface area contributed by atoms with Gasteiger partial charge in [-0.05, 0) is 39.1 Å². The number of rotatable bonds is 4. The molecule has 2 aliphatic rings. The van der Waals surface area contributed by atoms with Crippen molar-refractivity contribution in [3.63, 3.8) is 0 Å². The summed E-state index contributed by atoms with van der Waals surface area (Å²) in [5, 5.41) is 3.59. The Morgan fingerprint density at radius 1 is 1.23 bits per heavy atom. The average Bonchev–Trinajstić information content (AvgIpc) is 3.35. The molecule has 0 radical (unpaired) electrons. The fourth-order valence-corrected chi connectivity index (χ4v) is 4.07. The van der Waals surface area contributed by atoms with Gasteiger partial charge in [0.1, 0.15) is 0 Å². The first kappa shape index (κ1) is 18.8. The van der Waals surface area contributed by atoms with Crippen molar-refractivity contribution in [2.24, 2.45) is 4.99 Å². The van der Waals surface area contributed by atoms with Crippen molar-refractivity contribution in [3.05, 3.63) is 24.2 Å². The topological polar surface area (TPSA) is 64.3 Å². The zero-order valence-electron chi connectivity index (χ0n) is 16.2. The van der Waals surface area contributed by atoms with E-state index in [0.29, 0.717) is 18.8 Å². The Morgan fingerprint density at radius 2 is 1.88 bits per heavy atom. The van der Waals surface area contributed by atoms with Gasteiger partial charge in [-0.2, -0.15) is 0 Å². The number of carbonyl (C=O) groups is 1. The summed E-state index contributed by atoms with van der Waals surface area (Å²) >= 11 is 0. The summed E-state index contributed by atoms with van der Waals surface area (Å²) < 4.78 is 5.23. The molecule has 0 spiro atoms. The van der Waals surface area contributed by atoms with Crippen LogP contribution in [0.15, 0.2) is 27.8 Å². The highest BCUT2D eigenvalue weighted by Gasteiger charge is 2.36. The van der Waals surface area contributed by atoms with Gasteiger partial charge in [-0.25, -0.2) is 0 Å². The van der Waals surface area contributed by atoms with Crippen molar-refractivity contribution < 1.29 is 9.21 Å². The number of nitrogens with zero attached hydrogens (tertiary/aromatic N) is 4. The van der Waals surface area contributed by atoms with Gasteiger partial charge in [0.2, 0.25) is 0 Å². The summed E-state index contributed by atoms with van der Waals surface area (Å²) in [6, 6.07) is 3.47. The predicted octanol–water partition coefficient (Wildman–Crippen LogP) is 1.49. The van der Waals surface area contributed by atoms with E-state index in [4.69, 9.17) is 4.42 Å².